The van der Waals surface area contributed by atoms with Crippen LogP contribution in [0.15, 0.2) is 35.4 Å². The number of esters is 1. The number of benzene rings is 1. The molecule has 3 N–H and O–H groups in total. The van der Waals surface area contributed by atoms with Crippen molar-refractivity contribution in [2.24, 2.45) is 28.6 Å². The number of primary amides is 1. The average Bonchev–Trinajstić information content (AvgIpc) is 2.59. The molecule has 2 amide bonds. The maximum atomic E-state index is 12.6. The number of hydrogen-bond donors (Lipinski definition) is 2. The molecule has 0 radical (unpaired) electrons. The van der Waals surface area contributed by atoms with Gasteiger partial charge in [-0.2, -0.15) is 5.10 Å². The lowest BCUT2D eigenvalue weighted by Crippen LogP contribution is -2.36. The third-order valence-corrected chi connectivity index (χ3v) is 4.96. The van der Waals surface area contributed by atoms with Crippen LogP contribution in [-0.4, -0.2) is 23.8 Å². The highest BCUT2D eigenvalue weighted by Crippen LogP contribution is 2.35. The molecule has 0 saturated heterocycles. The monoisotopic (exact) mass is 359 g/mol. The van der Waals surface area contributed by atoms with Crippen LogP contribution >= 0.6 is 0 Å². The van der Waals surface area contributed by atoms with E-state index in [1.54, 1.807) is 0 Å². The molecule has 142 valence electrons. The number of ether oxygens (including phenoxy) is 1. The normalized spacial score (nSPS) is 23.5. The summed E-state index contributed by atoms with van der Waals surface area (Å²) in [6.07, 6.45) is 3.08. The molecule has 0 unspecified atom stereocenters. The third-order valence-electron chi connectivity index (χ3n) is 4.96. The maximum absolute atomic E-state index is 12.6. The number of hydrazone groups is 1. The molecule has 0 aromatic heterocycles. The Labute approximate surface area is 155 Å². The molecule has 1 aromatic carbocycles. The van der Waals surface area contributed by atoms with E-state index in [0.29, 0.717) is 23.5 Å². The number of nitrogens with one attached hydrogen (secondary N) is 1. The minimum Gasteiger partial charge on any atom is -0.462 e. The van der Waals surface area contributed by atoms with Crippen LogP contribution in [0.1, 0.15) is 52.0 Å². The van der Waals surface area contributed by atoms with Gasteiger partial charge in [0.15, 0.2) is 0 Å². The van der Waals surface area contributed by atoms with Crippen molar-refractivity contribution in [2.45, 2.75) is 52.6 Å². The second kappa shape index (κ2) is 9.36. The van der Waals surface area contributed by atoms with Crippen LogP contribution in [0, 0.1) is 17.8 Å². The van der Waals surface area contributed by atoms with Gasteiger partial charge in [-0.3, -0.25) is 4.79 Å². The van der Waals surface area contributed by atoms with Crippen LogP contribution in [0.5, 0.6) is 0 Å². The Morgan fingerprint density at radius 1 is 1.27 bits per heavy atom. The van der Waals surface area contributed by atoms with Gasteiger partial charge in [0.25, 0.3) is 0 Å². The summed E-state index contributed by atoms with van der Waals surface area (Å²) in [7, 11) is 0. The van der Waals surface area contributed by atoms with Gasteiger partial charge in [-0.1, -0.05) is 57.5 Å². The zero-order chi connectivity index (χ0) is 19.1. The Morgan fingerprint density at radius 3 is 2.58 bits per heavy atom. The Bertz CT molecular complexity index is 643. The van der Waals surface area contributed by atoms with Crippen molar-refractivity contribution in [3.05, 3.63) is 35.9 Å². The van der Waals surface area contributed by atoms with Crippen LogP contribution in [-0.2, 0) is 9.53 Å². The summed E-state index contributed by atoms with van der Waals surface area (Å²) >= 11 is 0. The van der Waals surface area contributed by atoms with E-state index in [4.69, 9.17) is 10.5 Å². The highest BCUT2D eigenvalue weighted by atomic mass is 16.5. The highest BCUT2D eigenvalue weighted by molar-refractivity contribution is 6.09. The number of urea groups is 1. The van der Waals surface area contributed by atoms with E-state index in [1.807, 2.05) is 30.3 Å². The summed E-state index contributed by atoms with van der Waals surface area (Å²) in [4.78, 5) is 23.5. The van der Waals surface area contributed by atoms with Crippen LogP contribution in [0.25, 0.3) is 0 Å². The van der Waals surface area contributed by atoms with E-state index in [9.17, 15) is 9.59 Å². The molecule has 1 aliphatic carbocycles. The second-order valence-electron chi connectivity index (χ2n) is 7.43. The molecule has 1 aromatic rings. The first-order valence-electron chi connectivity index (χ1n) is 9.23. The fourth-order valence-corrected chi connectivity index (χ4v) is 3.56. The first-order valence-corrected chi connectivity index (χ1v) is 9.23. The number of hydrogen-bond acceptors (Lipinski definition) is 4. The first-order chi connectivity index (χ1) is 12.4. The molecule has 26 heavy (non-hydrogen) atoms. The predicted molar refractivity (Wildman–Crippen MR) is 102 cm³/mol. The standard InChI is InChI=1S/C20H29N3O3/c1-13(2)16-10-9-14(3)11-18(16)26-19(24)12-17(22-23-20(21)25)15-7-5-4-6-8-15/h4-8,13-14,16,18H,9-12H2,1-3H3,(H3,21,23,25)/b22-17+/t14-,16+,18-/m1/s1. The Morgan fingerprint density at radius 2 is 1.96 bits per heavy atom. The highest BCUT2D eigenvalue weighted by Gasteiger charge is 2.33. The van der Waals surface area contributed by atoms with Crippen LogP contribution in [0.3, 0.4) is 0 Å². The fraction of sp³-hybridized carbons (Fsp3) is 0.550. The summed E-state index contributed by atoms with van der Waals surface area (Å²) < 4.78 is 5.83. The van der Waals surface area contributed by atoms with Gasteiger partial charge >= 0.3 is 12.0 Å². The quantitative estimate of drug-likeness (QED) is 0.463. The fourth-order valence-electron chi connectivity index (χ4n) is 3.56. The molecule has 0 heterocycles. The van der Waals surface area contributed by atoms with Gasteiger partial charge in [0.05, 0.1) is 12.1 Å². The van der Waals surface area contributed by atoms with E-state index >= 15 is 0 Å². The molecule has 6 nitrogen and oxygen atoms in total. The minimum atomic E-state index is -0.771. The molecule has 0 spiro atoms. The zero-order valence-corrected chi connectivity index (χ0v) is 15.8. The molecule has 1 fully saturated rings. The van der Waals surface area contributed by atoms with Crippen LogP contribution in [0.4, 0.5) is 4.79 Å². The van der Waals surface area contributed by atoms with Gasteiger partial charge in [-0.25, -0.2) is 10.2 Å². The van der Waals surface area contributed by atoms with Gasteiger partial charge in [0.2, 0.25) is 0 Å². The van der Waals surface area contributed by atoms with E-state index in [2.05, 4.69) is 31.3 Å². The molecule has 0 bridgehead atoms. The molecule has 1 saturated carbocycles. The zero-order valence-electron chi connectivity index (χ0n) is 15.8. The Hall–Kier alpha value is -2.37. The van der Waals surface area contributed by atoms with Crippen molar-refractivity contribution >= 4 is 17.7 Å². The van der Waals surface area contributed by atoms with Crippen molar-refractivity contribution in [1.29, 1.82) is 0 Å². The van der Waals surface area contributed by atoms with E-state index in [0.717, 1.165) is 18.4 Å². The lowest BCUT2D eigenvalue weighted by molar-refractivity contribution is -0.154. The number of rotatable bonds is 6. The minimum absolute atomic E-state index is 0.0139. The molecule has 3 atom stereocenters. The van der Waals surface area contributed by atoms with Crippen LogP contribution < -0.4 is 11.2 Å². The van der Waals surface area contributed by atoms with Gasteiger partial charge in [0, 0.05) is 0 Å². The van der Waals surface area contributed by atoms with E-state index in [1.165, 1.54) is 6.42 Å². The number of carbonyl (C=O) groups excluding carboxylic acids is 2. The summed E-state index contributed by atoms with van der Waals surface area (Å²) in [5.41, 5.74) is 8.47. The summed E-state index contributed by atoms with van der Waals surface area (Å²) in [5, 5.41) is 3.99. The van der Waals surface area contributed by atoms with Gasteiger partial charge in [-0.05, 0) is 36.2 Å². The first kappa shape index (κ1) is 19.9. The smallest absolute Gasteiger partial charge is 0.332 e. The third kappa shape index (κ3) is 5.86. The largest absolute Gasteiger partial charge is 0.462 e. The van der Waals surface area contributed by atoms with Crippen molar-refractivity contribution in [3.63, 3.8) is 0 Å². The van der Waals surface area contributed by atoms with Gasteiger partial charge in [0.1, 0.15) is 6.10 Å². The van der Waals surface area contributed by atoms with Crippen molar-refractivity contribution in [3.8, 4) is 0 Å². The maximum Gasteiger partial charge on any atom is 0.332 e. The predicted octanol–water partition coefficient (Wildman–Crippen LogP) is 3.45. The number of nitrogens with zero attached hydrogens (tertiary/aromatic N) is 1. The van der Waals surface area contributed by atoms with Crippen molar-refractivity contribution in [2.75, 3.05) is 0 Å². The number of amides is 2. The molecule has 1 aliphatic rings. The van der Waals surface area contributed by atoms with Crippen molar-refractivity contribution < 1.29 is 14.3 Å². The molecule has 0 aliphatic heterocycles. The summed E-state index contributed by atoms with van der Waals surface area (Å²) in [6, 6.07) is 8.45. The average molecular weight is 359 g/mol. The van der Waals surface area contributed by atoms with E-state index < -0.39 is 6.03 Å². The van der Waals surface area contributed by atoms with Gasteiger partial charge < -0.3 is 10.5 Å². The summed E-state index contributed by atoms with van der Waals surface area (Å²) in [6.45, 7) is 6.55. The Balaban J connectivity index is 2.08. The van der Waals surface area contributed by atoms with Crippen molar-refractivity contribution in [1.82, 2.24) is 5.43 Å². The lowest BCUT2D eigenvalue weighted by Gasteiger charge is -2.36. The van der Waals surface area contributed by atoms with Crippen LogP contribution in [0.2, 0.25) is 0 Å². The molecule has 6 heteroatoms. The lowest BCUT2D eigenvalue weighted by atomic mass is 9.75. The second-order valence-corrected chi connectivity index (χ2v) is 7.43. The molecular weight excluding hydrogens is 330 g/mol. The van der Waals surface area contributed by atoms with E-state index in [-0.39, 0.29) is 18.5 Å². The SMILES string of the molecule is CC(C)[C@@H]1CC[C@@H](C)C[C@H]1OC(=O)C/C(=N\NC(N)=O)c1ccccc1. The molecule has 2 rings (SSSR count). The topological polar surface area (TPSA) is 93.8 Å². The molecular formula is C20H29N3O3. The summed E-state index contributed by atoms with van der Waals surface area (Å²) in [5.74, 6) is 1.08. The number of carbonyl (C=O) groups is 2. The number of nitrogens with two attached hydrogens (primary N) is 1. The van der Waals surface area contributed by atoms with Gasteiger partial charge in [-0.15, -0.1) is 0 Å². The Kier molecular flexibility index (Phi) is 7.18.